The molecule has 0 aromatic carbocycles. The van der Waals surface area contributed by atoms with Gasteiger partial charge in [0.1, 0.15) is 0 Å². The van der Waals surface area contributed by atoms with E-state index in [4.69, 9.17) is 4.74 Å². The molecule has 8 heteroatoms. The lowest BCUT2D eigenvalue weighted by Gasteiger charge is -2.14. The Morgan fingerprint density at radius 1 is 1.32 bits per heavy atom. The minimum absolute atomic E-state index is 0.00704. The average Bonchev–Trinajstić information content (AvgIpc) is 2.84. The summed E-state index contributed by atoms with van der Waals surface area (Å²) in [6.45, 7) is 2.85. The van der Waals surface area contributed by atoms with Gasteiger partial charge < -0.3 is 10.1 Å². The number of aryl methyl sites for hydroxylation is 1. The number of hydrogen-bond donors (Lipinski definition) is 1. The Labute approximate surface area is 111 Å². The van der Waals surface area contributed by atoms with Crippen molar-refractivity contribution in [1.82, 2.24) is 35.7 Å². The van der Waals surface area contributed by atoms with E-state index in [9.17, 15) is 0 Å². The highest BCUT2D eigenvalue weighted by atomic mass is 16.5. The van der Waals surface area contributed by atoms with Gasteiger partial charge in [0.25, 0.3) is 0 Å². The molecular formula is C11H17N7O. The molecule has 0 spiro atoms. The third-order valence-electron chi connectivity index (χ3n) is 2.61. The Kier molecular flexibility index (Phi) is 4.35. The van der Waals surface area contributed by atoms with Crippen molar-refractivity contribution in [3.8, 4) is 5.88 Å². The van der Waals surface area contributed by atoms with Crippen LogP contribution in [0.3, 0.4) is 0 Å². The Bertz CT molecular complexity index is 510. The maximum Gasteiger partial charge on any atom is 0.233 e. The van der Waals surface area contributed by atoms with Crippen LogP contribution in [0, 0.1) is 0 Å². The summed E-state index contributed by atoms with van der Waals surface area (Å²) in [5, 5.41) is 23.4. The van der Waals surface area contributed by atoms with Crippen LogP contribution in [0.25, 0.3) is 0 Å². The van der Waals surface area contributed by atoms with Crippen molar-refractivity contribution in [2.24, 2.45) is 7.05 Å². The normalized spacial score (nSPS) is 12.4. The SMILES string of the molecule is CCNC(Cc1nnn(C)n1)c1ccc(OC)nn1. The summed E-state index contributed by atoms with van der Waals surface area (Å²) in [6, 6.07) is 3.68. The molecule has 0 amide bonds. The van der Waals surface area contributed by atoms with Crippen molar-refractivity contribution in [3.63, 3.8) is 0 Å². The van der Waals surface area contributed by atoms with Gasteiger partial charge in [-0.15, -0.1) is 15.3 Å². The summed E-state index contributed by atoms with van der Waals surface area (Å²) in [5.74, 6) is 1.17. The fourth-order valence-electron chi connectivity index (χ4n) is 1.74. The van der Waals surface area contributed by atoms with Gasteiger partial charge in [-0.05, 0) is 17.8 Å². The number of aromatic nitrogens is 6. The summed E-state index contributed by atoms with van der Waals surface area (Å²) in [6.07, 6.45) is 0.614. The lowest BCUT2D eigenvalue weighted by Crippen LogP contribution is -2.24. The highest BCUT2D eigenvalue weighted by Crippen LogP contribution is 2.15. The quantitative estimate of drug-likeness (QED) is 0.778. The molecule has 0 aliphatic carbocycles. The molecule has 0 aliphatic heterocycles. The molecule has 2 rings (SSSR count). The van der Waals surface area contributed by atoms with Gasteiger partial charge >= 0.3 is 0 Å². The smallest absolute Gasteiger partial charge is 0.233 e. The van der Waals surface area contributed by atoms with Crippen molar-refractivity contribution in [2.45, 2.75) is 19.4 Å². The van der Waals surface area contributed by atoms with Crippen LogP contribution >= 0.6 is 0 Å². The molecule has 1 N–H and O–H groups in total. The van der Waals surface area contributed by atoms with Gasteiger partial charge in [0.2, 0.25) is 5.88 Å². The molecule has 1 unspecified atom stereocenters. The molecular weight excluding hydrogens is 246 g/mol. The fourth-order valence-corrected chi connectivity index (χ4v) is 1.74. The van der Waals surface area contributed by atoms with Crippen LogP contribution in [0.1, 0.15) is 24.5 Å². The summed E-state index contributed by atoms with van der Waals surface area (Å²) in [4.78, 5) is 1.44. The van der Waals surface area contributed by atoms with Crippen LogP contribution < -0.4 is 10.1 Å². The van der Waals surface area contributed by atoms with E-state index >= 15 is 0 Å². The first-order valence-electron chi connectivity index (χ1n) is 6.06. The first-order chi connectivity index (χ1) is 9.22. The molecule has 2 aromatic heterocycles. The molecule has 8 nitrogen and oxygen atoms in total. The van der Waals surface area contributed by atoms with Crippen molar-refractivity contribution in [3.05, 3.63) is 23.7 Å². The van der Waals surface area contributed by atoms with Crippen molar-refractivity contribution in [2.75, 3.05) is 13.7 Å². The van der Waals surface area contributed by atoms with E-state index in [1.165, 1.54) is 4.80 Å². The van der Waals surface area contributed by atoms with E-state index < -0.39 is 0 Å². The van der Waals surface area contributed by atoms with E-state index in [-0.39, 0.29) is 6.04 Å². The van der Waals surface area contributed by atoms with Crippen LogP contribution in [-0.2, 0) is 13.5 Å². The number of methoxy groups -OCH3 is 1. The van der Waals surface area contributed by atoms with Gasteiger partial charge in [-0.25, -0.2) is 0 Å². The molecule has 1 atom stereocenters. The van der Waals surface area contributed by atoms with Gasteiger partial charge in [0.15, 0.2) is 5.82 Å². The minimum atomic E-state index is 0.00704. The maximum atomic E-state index is 5.00. The van der Waals surface area contributed by atoms with Crippen LogP contribution in [0.4, 0.5) is 0 Å². The van der Waals surface area contributed by atoms with Gasteiger partial charge in [-0.3, -0.25) is 0 Å². The van der Waals surface area contributed by atoms with Crippen LogP contribution in [0.5, 0.6) is 5.88 Å². The second-order valence-corrected chi connectivity index (χ2v) is 4.01. The van der Waals surface area contributed by atoms with Crippen molar-refractivity contribution < 1.29 is 4.74 Å². The zero-order valence-corrected chi connectivity index (χ0v) is 11.2. The molecule has 102 valence electrons. The van der Waals surface area contributed by atoms with E-state index in [1.807, 2.05) is 13.0 Å². The Morgan fingerprint density at radius 2 is 2.16 bits per heavy atom. The standard InChI is InChI=1S/C11H17N7O/c1-4-12-9(7-10-14-17-18(2)16-10)8-5-6-11(19-3)15-13-8/h5-6,9,12H,4,7H2,1-3H3. The zero-order chi connectivity index (χ0) is 13.7. The zero-order valence-electron chi connectivity index (χ0n) is 11.2. The fraction of sp³-hybridized carbons (Fsp3) is 0.545. The summed E-state index contributed by atoms with van der Waals surface area (Å²) < 4.78 is 5.00. The molecule has 0 fully saturated rings. The van der Waals surface area contributed by atoms with E-state index in [0.717, 1.165) is 12.2 Å². The Balaban J connectivity index is 2.13. The first-order valence-corrected chi connectivity index (χ1v) is 6.06. The lowest BCUT2D eigenvalue weighted by molar-refractivity contribution is 0.389. The third kappa shape index (κ3) is 3.44. The summed E-state index contributed by atoms with van der Waals surface area (Å²) >= 11 is 0. The number of tetrazole rings is 1. The van der Waals surface area contributed by atoms with Gasteiger partial charge in [-0.2, -0.15) is 9.90 Å². The van der Waals surface area contributed by atoms with E-state index in [1.54, 1.807) is 20.2 Å². The number of likely N-dealkylation sites (N-methyl/N-ethyl adjacent to an activating group) is 1. The predicted molar refractivity (Wildman–Crippen MR) is 67.5 cm³/mol. The van der Waals surface area contributed by atoms with Gasteiger partial charge in [-0.1, -0.05) is 6.92 Å². The largest absolute Gasteiger partial charge is 0.480 e. The van der Waals surface area contributed by atoms with Crippen LogP contribution in [0.2, 0.25) is 0 Å². The molecule has 2 heterocycles. The van der Waals surface area contributed by atoms with Gasteiger partial charge in [0.05, 0.1) is 25.9 Å². The summed E-state index contributed by atoms with van der Waals surface area (Å²) in [7, 11) is 3.31. The predicted octanol–water partition coefficient (Wildman–Crippen LogP) is -0.0980. The van der Waals surface area contributed by atoms with Crippen molar-refractivity contribution in [1.29, 1.82) is 0 Å². The van der Waals surface area contributed by atoms with Crippen molar-refractivity contribution >= 4 is 0 Å². The number of hydrogen-bond acceptors (Lipinski definition) is 7. The molecule has 0 saturated carbocycles. The average molecular weight is 263 g/mol. The number of nitrogens with zero attached hydrogens (tertiary/aromatic N) is 6. The van der Waals surface area contributed by atoms with Crippen LogP contribution in [0.15, 0.2) is 12.1 Å². The maximum absolute atomic E-state index is 5.00. The molecule has 0 saturated heterocycles. The number of nitrogens with one attached hydrogen (secondary N) is 1. The molecule has 2 aromatic rings. The Morgan fingerprint density at radius 3 is 2.68 bits per heavy atom. The lowest BCUT2D eigenvalue weighted by atomic mass is 10.1. The molecule has 0 aliphatic rings. The third-order valence-corrected chi connectivity index (χ3v) is 2.61. The number of rotatable bonds is 6. The van der Waals surface area contributed by atoms with Crippen LogP contribution in [-0.4, -0.2) is 44.1 Å². The Hall–Kier alpha value is -2.09. The van der Waals surface area contributed by atoms with E-state index in [0.29, 0.717) is 18.1 Å². The molecule has 0 radical (unpaired) electrons. The number of ether oxygens (including phenoxy) is 1. The highest BCUT2D eigenvalue weighted by molar-refractivity contribution is 5.15. The van der Waals surface area contributed by atoms with Gasteiger partial charge in [0, 0.05) is 12.5 Å². The molecule has 0 bridgehead atoms. The second kappa shape index (κ2) is 6.19. The first kappa shape index (κ1) is 13.3. The minimum Gasteiger partial charge on any atom is -0.480 e. The topological polar surface area (TPSA) is 90.6 Å². The molecule has 19 heavy (non-hydrogen) atoms. The second-order valence-electron chi connectivity index (χ2n) is 4.01. The summed E-state index contributed by atoms with van der Waals surface area (Å²) in [5.41, 5.74) is 0.829. The monoisotopic (exact) mass is 263 g/mol. The van der Waals surface area contributed by atoms with E-state index in [2.05, 4.69) is 30.9 Å². The highest BCUT2D eigenvalue weighted by Gasteiger charge is 2.16.